The molecule has 0 amide bonds. The number of carboxylic acids is 1. The maximum atomic E-state index is 11.4. The van der Waals surface area contributed by atoms with E-state index in [1.54, 1.807) is 0 Å². The molecule has 2 N–H and O–H groups in total. The van der Waals surface area contributed by atoms with Crippen LogP contribution in [0.15, 0.2) is 18.2 Å². The highest BCUT2D eigenvalue weighted by Gasteiger charge is 2.39. The highest BCUT2D eigenvalue weighted by Crippen LogP contribution is 2.45. The maximum absolute atomic E-state index is 11.4. The van der Waals surface area contributed by atoms with Crippen LogP contribution in [-0.2, 0) is 23.1 Å². The largest absolute Gasteiger partial charge is 0.481 e. The lowest BCUT2D eigenvalue weighted by atomic mass is 9.69. The molecule has 0 fully saturated rings. The van der Waals surface area contributed by atoms with E-state index in [0.29, 0.717) is 0 Å². The van der Waals surface area contributed by atoms with Crippen LogP contribution in [0, 0.1) is 0 Å². The molecular formula is C19H25NO2. The van der Waals surface area contributed by atoms with Crippen molar-refractivity contribution in [1.82, 2.24) is 4.98 Å². The number of aromatic nitrogens is 1. The van der Waals surface area contributed by atoms with Crippen LogP contribution in [0.4, 0.5) is 0 Å². The van der Waals surface area contributed by atoms with Gasteiger partial charge in [-0.15, -0.1) is 0 Å². The Morgan fingerprint density at radius 1 is 1.36 bits per heavy atom. The molecule has 1 unspecified atom stereocenters. The smallest absolute Gasteiger partial charge is 0.304 e. The minimum atomic E-state index is -0.692. The average Bonchev–Trinajstić information content (AvgIpc) is 2.88. The molecule has 0 saturated heterocycles. The standard InChI is InChI=1S/C19H25NO2/c1-3-7-13-8-5-9-14-15-10-6-11-19(4-2,12-16(21)22)18(15)20-17(13)14/h5,8-9,20H,3-4,6-7,10-12H2,1-2H3,(H,21,22). The van der Waals surface area contributed by atoms with Crippen LogP contribution in [-0.4, -0.2) is 16.1 Å². The van der Waals surface area contributed by atoms with Crippen molar-refractivity contribution in [3.8, 4) is 0 Å². The number of fused-ring (bicyclic) bond motifs is 3. The molecule has 1 aliphatic carbocycles. The predicted molar refractivity (Wildman–Crippen MR) is 89.5 cm³/mol. The number of rotatable bonds is 5. The summed E-state index contributed by atoms with van der Waals surface area (Å²) in [4.78, 5) is 15.1. The number of carboxylic acid groups (broad SMARTS) is 1. The second-order valence-electron chi connectivity index (χ2n) is 6.63. The summed E-state index contributed by atoms with van der Waals surface area (Å²) < 4.78 is 0. The summed E-state index contributed by atoms with van der Waals surface area (Å²) in [6, 6.07) is 6.52. The van der Waals surface area contributed by atoms with Crippen LogP contribution < -0.4 is 0 Å². The van der Waals surface area contributed by atoms with E-state index in [1.165, 1.54) is 27.7 Å². The lowest BCUT2D eigenvalue weighted by Crippen LogP contribution is -2.33. The molecule has 1 aromatic carbocycles. The highest BCUT2D eigenvalue weighted by atomic mass is 16.4. The van der Waals surface area contributed by atoms with Crippen molar-refractivity contribution >= 4 is 16.9 Å². The van der Waals surface area contributed by atoms with Crippen molar-refractivity contribution in [2.24, 2.45) is 0 Å². The number of aromatic amines is 1. The minimum absolute atomic E-state index is 0.220. The van der Waals surface area contributed by atoms with E-state index in [0.717, 1.165) is 38.5 Å². The fraction of sp³-hybridized carbons (Fsp3) is 0.526. The fourth-order valence-electron chi connectivity index (χ4n) is 4.20. The van der Waals surface area contributed by atoms with Gasteiger partial charge < -0.3 is 10.1 Å². The number of para-hydroxylation sites is 1. The fourth-order valence-corrected chi connectivity index (χ4v) is 4.20. The number of aryl methyl sites for hydroxylation is 2. The van der Waals surface area contributed by atoms with E-state index in [4.69, 9.17) is 0 Å². The lowest BCUT2D eigenvalue weighted by molar-refractivity contribution is -0.138. The molecule has 1 heterocycles. The normalized spacial score (nSPS) is 21.0. The van der Waals surface area contributed by atoms with E-state index in [9.17, 15) is 9.90 Å². The Labute approximate surface area is 131 Å². The van der Waals surface area contributed by atoms with Crippen LogP contribution in [0.25, 0.3) is 10.9 Å². The molecule has 118 valence electrons. The molecule has 0 radical (unpaired) electrons. The van der Waals surface area contributed by atoms with Crippen molar-refractivity contribution in [2.75, 3.05) is 0 Å². The van der Waals surface area contributed by atoms with Gasteiger partial charge in [0.05, 0.1) is 6.42 Å². The molecule has 22 heavy (non-hydrogen) atoms. The van der Waals surface area contributed by atoms with Crippen molar-refractivity contribution in [2.45, 2.75) is 64.2 Å². The number of nitrogens with one attached hydrogen (secondary N) is 1. The van der Waals surface area contributed by atoms with Gasteiger partial charge in [0.2, 0.25) is 0 Å². The Morgan fingerprint density at radius 3 is 2.86 bits per heavy atom. The molecule has 3 nitrogen and oxygen atoms in total. The zero-order valence-electron chi connectivity index (χ0n) is 13.5. The number of aliphatic carboxylic acids is 1. The monoisotopic (exact) mass is 299 g/mol. The summed E-state index contributed by atoms with van der Waals surface area (Å²) in [7, 11) is 0. The van der Waals surface area contributed by atoms with E-state index in [-0.39, 0.29) is 11.8 Å². The van der Waals surface area contributed by atoms with Crippen molar-refractivity contribution in [3.63, 3.8) is 0 Å². The number of benzene rings is 1. The summed E-state index contributed by atoms with van der Waals surface area (Å²) >= 11 is 0. The van der Waals surface area contributed by atoms with Crippen molar-refractivity contribution in [1.29, 1.82) is 0 Å². The Bertz CT molecular complexity index is 701. The minimum Gasteiger partial charge on any atom is -0.481 e. The number of hydrogen-bond donors (Lipinski definition) is 2. The molecule has 0 spiro atoms. The highest BCUT2D eigenvalue weighted by molar-refractivity contribution is 5.88. The number of carbonyl (C=O) groups is 1. The molecule has 1 aromatic heterocycles. The Hall–Kier alpha value is -1.77. The first kappa shape index (κ1) is 15.1. The van der Waals surface area contributed by atoms with Gasteiger partial charge in [-0.2, -0.15) is 0 Å². The number of hydrogen-bond acceptors (Lipinski definition) is 1. The van der Waals surface area contributed by atoms with Gasteiger partial charge in [0.1, 0.15) is 0 Å². The third-order valence-corrected chi connectivity index (χ3v) is 5.33. The number of H-pyrrole nitrogens is 1. The molecule has 2 aromatic rings. The van der Waals surface area contributed by atoms with E-state index < -0.39 is 5.97 Å². The lowest BCUT2D eigenvalue weighted by Gasteiger charge is -2.35. The van der Waals surface area contributed by atoms with E-state index in [1.807, 2.05) is 0 Å². The van der Waals surface area contributed by atoms with Gasteiger partial charge in [-0.1, -0.05) is 38.5 Å². The van der Waals surface area contributed by atoms with Gasteiger partial charge in [0.15, 0.2) is 0 Å². The second-order valence-corrected chi connectivity index (χ2v) is 6.63. The summed E-state index contributed by atoms with van der Waals surface area (Å²) in [6.45, 7) is 4.32. The molecule has 0 aliphatic heterocycles. The Balaban J connectivity index is 2.20. The molecule has 3 rings (SSSR count). The Kier molecular flexibility index (Phi) is 3.98. The van der Waals surface area contributed by atoms with Gasteiger partial charge in [0, 0.05) is 22.0 Å². The van der Waals surface area contributed by atoms with Crippen LogP contribution in [0.1, 0.15) is 62.8 Å². The first-order valence-corrected chi connectivity index (χ1v) is 8.46. The topological polar surface area (TPSA) is 53.1 Å². The van der Waals surface area contributed by atoms with Crippen LogP contribution in [0.5, 0.6) is 0 Å². The third-order valence-electron chi connectivity index (χ3n) is 5.33. The average molecular weight is 299 g/mol. The maximum Gasteiger partial charge on any atom is 0.304 e. The van der Waals surface area contributed by atoms with Crippen LogP contribution in [0.3, 0.4) is 0 Å². The predicted octanol–water partition coefficient (Wildman–Crippen LogP) is 4.58. The molecule has 0 saturated carbocycles. The van der Waals surface area contributed by atoms with E-state index >= 15 is 0 Å². The second kappa shape index (κ2) is 5.79. The first-order chi connectivity index (χ1) is 10.6. The first-order valence-electron chi connectivity index (χ1n) is 8.46. The van der Waals surface area contributed by atoms with Crippen molar-refractivity contribution in [3.05, 3.63) is 35.0 Å². The zero-order valence-corrected chi connectivity index (χ0v) is 13.5. The SMILES string of the molecule is CCCc1cccc2c3c([nH]c12)C(CC)(CC(=O)O)CCC3. The van der Waals surface area contributed by atoms with Gasteiger partial charge in [-0.05, 0) is 43.2 Å². The summed E-state index contributed by atoms with van der Waals surface area (Å²) in [5.74, 6) is -0.692. The summed E-state index contributed by atoms with van der Waals surface area (Å²) in [6.07, 6.45) is 6.41. The summed E-state index contributed by atoms with van der Waals surface area (Å²) in [5.41, 5.74) is 4.93. The van der Waals surface area contributed by atoms with Gasteiger partial charge >= 0.3 is 5.97 Å². The molecule has 3 heteroatoms. The van der Waals surface area contributed by atoms with Gasteiger partial charge in [0.25, 0.3) is 0 Å². The molecular weight excluding hydrogens is 274 g/mol. The van der Waals surface area contributed by atoms with Gasteiger partial charge in [-0.3, -0.25) is 4.79 Å². The van der Waals surface area contributed by atoms with Crippen LogP contribution in [0.2, 0.25) is 0 Å². The molecule has 1 aliphatic rings. The van der Waals surface area contributed by atoms with Crippen LogP contribution >= 0.6 is 0 Å². The molecule has 0 bridgehead atoms. The van der Waals surface area contributed by atoms with E-state index in [2.05, 4.69) is 37.0 Å². The van der Waals surface area contributed by atoms with Crippen molar-refractivity contribution < 1.29 is 9.90 Å². The Morgan fingerprint density at radius 2 is 2.18 bits per heavy atom. The zero-order chi connectivity index (χ0) is 15.7. The third kappa shape index (κ3) is 2.33. The van der Waals surface area contributed by atoms with Gasteiger partial charge in [-0.25, -0.2) is 0 Å². The summed E-state index contributed by atoms with van der Waals surface area (Å²) in [5, 5.41) is 10.7. The molecule has 1 atom stereocenters. The quantitative estimate of drug-likeness (QED) is 0.849.